The minimum absolute atomic E-state index is 0.283. The zero-order valence-electron chi connectivity index (χ0n) is 12.2. The van der Waals surface area contributed by atoms with Crippen LogP contribution in [0.3, 0.4) is 0 Å². The van der Waals surface area contributed by atoms with Crippen molar-refractivity contribution in [1.82, 2.24) is 5.32 Å². The number of allylic oxidation sites excluding steroid dienone is 2. The van der Waals surface area contributed by atoms with E-state index in [4.69, 9.17) is 21.7 Å². The molecule has 108 valence electrons. The molecule has 0 amide bonds. The molecule has 0 aromatic heterocycles. The summed E-state index contributed by atoms with van der Waals surface area (Å²) >= 11 is 5.81. The molecule has 2 N–H and O–H groups in total. The van der Waals surface area contributed by atoms with Crippen LogP contribution in [0.15, 0.2) is 29.0 Å². The van der Waals surface area contributed by atoms with Crippen molar-refractivity contribution in [3.63, 3.8) is 0 Å². The fourth-order valence-corrected chi connectivity index (χ4v) is 1.90. The molecule has 0 aromatic rings. The lowest BCUT2D eigenvalue weighted by molar-refractivity contribution is 0.135. The first kappa shape index (κ1) is 18.1. The predicted octanol–water partition coefficient (Wildman–Crippen LogP) is 3.59. The SMILES string of the molecule is C=C/C(Cl)=N\C(NCOCC[Si](C)(C)C)=C(/C)C=N. The minimum Gasteiger partial charge on any atom is -0.362 e. The summed E-state index contributed by atoms with van der Waals surface area (Å²) in [5, 5.41) is 10.5. The highest BCUT2D eigenvalue weighted by Crippen LogP contribution is 2.07. The largest absolute Gasteiger partial charge is 0.362 e. The summed E-state index contributed by atoms with van der Waals surface area (Å²) < 4.78 is 5.53. The van der Waals surface area contributed by atoms with E-state index in [9.17, 15) is 0 Å². The average Bonchev–Trinajstić information content (AvgIpc) is 2.34. The molecule has 4 nitrogen and oxygen atoms in total. The zero-order chi connectivity index (χ0) is 14.9. The lowest BCUT2D eigenvalue weighted by Crippen LogP contribution is -2.24. The lowest BCUT2D eigenvalue weighted by Gasteiger charge is -2.16. The normalized spacial score (nSPS) is 13.8. The fourth-order valence-electron chi connectivity index (χ4n) is 1.06. The number of halogens is 1. The van der Waals surface area contributed by atoms with E-state index in [0.29, 0.717) is 18.1 Å². The van der Waals surface area contributed by atoms with Gasteiger partial charge in [-0.15, -0.1) is 0 Å². The van der Waals surface area contributed by atoms with Gasteiger partial charge in [-0.3, -0.25) is 0 Å². The highest BCUT2D eigenvalue weighted by atomic mass is 35.5. The second-order valence-corrected chi connectivity index (χ2v) is 11.4. The molecule has 0 aromatic carbocycles. The summed E-state index contributed by atoms with van der Waals surface area (Å²) in [5.74, 6) is 0.535. The number of ether oxygens (including phenoxy) is 1. The number of nitrogens with one attached hydrogen (secondary N) is 2. The van der Waals surface area contributed by atoms with Crippen molar-refractivity contribution in [2.45, 2.75) is 32.6 Å². The molecule has 0 bridgehead atoms. The van der Waals surface area contributed by atoms with Gasteiger partial charge in [-0.2, -0.15) is 0 Å². The molecule has 0 rings (SSSR count). The number of hydrogen-bond acceptors (Lipinski definition) is 4. The van der Waals surface area contributed by atoms with Crippen LogP contribution in [0.2, 0.25) is 25.7 Å². The van der Waals surface area contributed by atoms with Crippen LogP contribution in [0.5, 0.6) is 0 Å². The van der Waals surface area contributed by atoms with E-state index in [0.717, 1.165) is 12.7 Å². The highest BCUT2D eigenvalue weighted by molar-refractivity contribution is 6.76. The smallest absolute Gasteiger partial charge is 0.133 e. The molecule has 0 heterocycles. The van der Waals surface area contributed by atoms with Crippen LogP contribution in [0.1, 0.15) is 6.92 Å². The summed E-state index contributed by atoms with van der Waals surface area (Å²) in [6.45, 7) is 13.3. The van der Waals surface area contributed by atoms with Gasteiger partial charge in [0, 0.05) is 26.5 Å². The molecule has 0 spiro atoms. The molecule has 0 saturated carbocycles. The van der Waals surface area contributed by atoms with Crippen molar-refractivity contribution in [1.29, 1.82) is 5.41 Å². The molecule has 6 heteroatoms. The van der Waals surface area contributed by atoms with Gasteiger partial charge >= 0.3 is 0 Å². The maximum Gasteiger partial charge on any atom is 0.133 e. The third-order valence-electron chi connectivity index (χ3n) is 2.32. The Balaban J connectivity index is 4.32. The van der Waals surface area contributed by atoms with E-state index < -0.39 is 8.07 Å². The van der Waals surface area contributed by atoms with Gasteiger partial charge in [-0.05, 0) is 19.0 Å². The molecule has 0 saturated heterocycles. The number of nitrogens with zero attached hydrogens (tertiary/aromatic N) is 1. The Kier molecular flexibility index (Phi) is 8.63. The van der Waals surface area contributed by atoms with E-state index in [1.54, 1.807) is 6.92 Å². The van der Waals surface area contributed by atoms with E-state index >= 15 is 0 Å². The maximum atomic E-state index is 7.24. The van der Waals surface area contributed by atoms with Gasteiger partial charge in [-0.25, -0.2) is 4.99 Å². The third-order valence-corrected chi connectivity index (χ3v) is 4.26. The Morgan fingerprint density at radius 2 is 2.11 bits per heavy atom. The van der Waals surface area contributed by atoms with E-state index in [1.807, 2.05) is 0 Å². The topological polar surface area (TPSA) is 57.5 Å². The molecule has 19 heavy (non-hydrogen) atoms. The van der Waals surface area contributed by atoms with Crippen molar-refractivity contribution >= 4 is 31.1 Å². The van der Waals surface area contributed by atoms with Gasteiger partial charge in [0.2, 0.25) is 0 Å². The second kappa shape index (κ2) is 9.06. The molecule has 0 fully saturated rings. The van der Waals surface area contributed by atoms with Gasteiger partial charge < -0.3 is 15.5 Å². The van der Waals surface area contributed by atoms with Crippen LogP contribution in [-0.2, 0) is 4.74 Å². The molecule has 0 radical (unpaired) electrons. The van der Waals surface area contributed by atoms with Gasteiger partial charge in [0.15, 0.2) is 0 Å². The number of hydrogen-bond donors (Lipinski definition) is 2. The Hall–Kier alpha value is -0.913. The Bertz CT molecular complexity index is 373. The lowest BCUT2D eigenvalue weighted by atomic mass is 10.3. The van der Waals surface area contributed by atoms with Crippen LogP contribution < -0.4 is 5.32 Å². The van der Waals surface area contributed by atoms with Gasteiger partial charge in [0.1, 0.15) is 17.7 Å². The first-order chi connectivity index (χ1) is 8.80. The summed E-state index contributed by atoms with van der Waals surface area (Å²) in [4.78, 5) is 4.12. The van der Waals surface area contributed by atoms with Gasteiger partial charge in [0.05, 0.1) is 0 Å². The average molecular weight is 302 g/mol. The summed E-state index contributed by atoms with van der Waals surface area (Å²) in [5.41, 5.74) is 0.689. The summed E-state index contributed by atoms with van der Waals surface area (Å²) in [6, 6.07) is 1.12. The Labute approximate surface area is 122 Å². The second-order valence-electron chi connectivity index (χ2n) is 5.35. The first-order valence-electron chi connectivity index (χ1n) is 6.19. The summed E-state index contributed by atoms with van der Waals surface area (Å²) in [7, 11) is -1.06. The predicted molar refractivity (Wildman–Crippen MR) is 87.1 cm³/mol. The van der Waals surface area contributed by atoms with Crippen LogP contribution in [0.4, 0.5) is 0 Å². The van der Waals surface area contributed by atoms with E-state index in [1.165, 1.54) is 12.3 Å². The van der Waals surface area contributed by atoms with Gasteiger partial charge in [0.25, 0.3) is 0 Å². The zero-order valence-corrected chi connectivity index (χ0v) is 14.0. The fraction of sp³-hybridized carbons (Fsp3) is 0.538. The van der Waals surface area contributed by atoms with Crippen molar-refractivity contribution < 1.29 is 4.74 Å². The first-order valence-corrected chi connectivity index (χ1v) is 10.3. The van der Waals surface area contributed by atoms with Crippen molar-refractivity contribution in [3.8, 4) is 0 Å². The van der Waals surface area contributed by atoms with E-state index in [2.05, 4.69) is 36.5 Å². The van der Waals surface area contributed by atoms with Crippen LogP contribution >= 0.6 is 11.6 Å². The molecule has 0 aliphatic carbocycles. The highest BCUT2D eigenvalue weighted by Gasteiger charge is 2.11. The van der Waals surface area contributed by atoms with Crippen LogP contribution in [-0.4, -0.2) is 32.8 Å². The number of aliphatic imine (C=N–C) groups is 1. The van der Waals surface area contributed by atoms with Crippen molar-refractivity contribution in [3.05, 3.63) is 24.0 Å². The molecular formula is C13H24ClN3OSi. The molecule has 0 aliphatic rings. The molecular weight excluding hydrogens is 278 g/mol. The van der Waals surface area contributed by atoms with Crippen LogP contribution in [0.25, 0.3) is 0 Å². The van der Waals surface area contributed by atoms with Crippen molar-refractivity contribution in [2.75, 3.05) is 13.3 Å². The quantitative estimate of drug-likeness (QED) is 0.296. The monoisotopic (exact) mass is 301 g/mol. The van der Waals surface area contributed by atoms with Crippen LogP contribution in [0, 0.1) is 5.41 Å². The summed E-state index contributed by atoms with van der Waals surface area (Å²) in [6.07, 6.45) is 2.67. The number of rotatable bonds is 9. The van der Waals surface area contributed by atoms with Gasteiger partial charge in [-0.1, -0.05) is 37.8 Å². The Morgan fingerprint density at radius 3 is 2.58 bits per heavy atom. The standard InChI is InChI=1S/C13H24ClN3OSi/c1-6-12(14)17-13(11(2)9-15)16-10-18-7-8-19(3,4)5/h6,9,15-16H,1,7-8,10H2,2-5H3/b13-11+,15-9?,17-12+. The molecule has 0 atom stereocenters. The minimum atomic E-state index is -1.06. The molecule has 0 unspecified atom stereocenters. The Morgan fingerprint density at radius 1 is 1.47 bits per heavy atom. The maximum absolute atomic E-state index is 7.24. The van der Waals surface area contributed by atoms with E-state index in [-0.39, 0.29) is 5.17 Å². The molecule has 0 aliphatic heterocycles. The van der Waals surface area contributed by atoms with Crippen molar-refractivity contribution in [2.24, 2.45) is 4.99 Å². The third kappa shape index (κ3) is 9.64.